The molecule has 0 heterocycles. The number of rotatable bonds is 27. The van der Waals surface area contributed by atoms with Crippen molar-refractivity contribution in [2.24, 2.45) is 0 Å². The van der Waals surface area contributed by atoms with Crippen LogP contribution in [0.25, 0.3) is 0 Å². The first kappa shape index (κ1) is 31.2. The fourth-order valence-electron chi connectivity index (χ4n) is 2.51. The second kappa shape index (κ2) is 30.2. The zero-order valence-electron chi connectivity index (χ0n) is 18.8. The third-order valence-corrected chi connectivity index (χ3v) is 5.73. The monoisotopic (exact) mass is 658 g/mol. The molecule has 0 spiro atoms. The number of ether oxygens (including phenoxy) is 6. The van der Waals surface area contributed by atoms with Gasteiger partial charge in [-0.1, -0.05) is 70.9 Å². The fourth-order valence-corrected chi connectivity index (χ4v) is 3.58. The number of hydrogen-bond donors (Lipinski definition) is 0. The van der Waals surface area contributed by atoms with E-state index in [0.29, 0.717) is 66.1 Å². The summed E-state index contributed by atoms with van der Waals surface area (Å²) in [6, 6.07) is 0. The molecule has 0 amide bonds. The van der Waals surface area contributed by atoms with Crippen LogP contribution in [0.5, 0.6) is 0 Å². The van der Waals surface area contributed by atoms with Crippen LogP contribution in [0.4, 0.5) is 0 Å². The summed E-state index contributed by atoms with van der Waals surface area (Å²) in [5.41, 5.74) is 0. The Hall–Kier alpha value is 1.22. The number of alkyl halides is 2. The van der Waals surface area contributed by atoms with E-state index in [1.54, 1.807) is 0 Å². The standard InChI is InChI=1S/C22H44I2O6/c23-9-5-1-3-7-11-25-13-15-27-17-19-29-21-22-30-20-18-28-16-14-26-12-8-4-2-6-10-24/h1-22H2. The van der Waals surface area contributed by atoms with Crippen LogP contribution in [0.3, 0.4) is 0 Å². The van der Waals surface area contributed by atoms with Gasteiger partial charge in [0.05, 0.1) is 66.1 Å². The second-order valence-electron chi connectivity index (χ2n) is 6.88. The van der Waals surface area contributed by atoms with Crippen molar-refractivity contribution in [1.82, 2.24) is 0 Å². The molecule has 0 aliphatic carbocycles. The van der Waals surface area contributed by atoms with Gasteiger partial charge in [0, 0.05) is 13.2 Å². The van der Waals surface area contributed by atoms with Gasteiger partial charge in [-0.3, -0.25) is 0 Å². The molecule has 0 radical (unpaired) electrons. The van der Waals surface area contributed by atoms with Crippen molar-refractivity contribution in [3.8, 4) is 0 Å². The first-order chi connectivity index (χ1) is 14.9. The van der Waals surface area contributed by atoms with Gasteiger partial charge in [-0.25, -0.2) is 0 Å². The molecule has 0 aromatic rings. The zero-order chi connectivity index (χ0) is 21.8. The number of halogens is 2. The molecule has 182 valence electrons. The minimum Gasteiger partial charge on any atom is -0.379 e. The molecule has 0 saturated carbocycles. The summed E-state index contributed by atoms with van der Waals surface area (Å²) in [7, 11) is 0. The molecule has 8 heteroatoms. The molecule has 30 heavy (non-hydrogen) atoms. The Bertz CT molecular complexity index is 273. The molecule has 0 rings (SSSR count). The summed E-state index contributed by atoms with van der Waals surface area (Å²) in [4.78, 5) is 0. The average molecular weight is 658 g/mol. The number of unbranched alkanes of at least 4 members (excludes halogenated alkanes) is 6. The molecular formula is C22H44I2O6. The molecule has 0 saturated heterocycles. The Morgan fingerprint density at radius 2 is 0.500 bits per heavy atom. The normalized spacial score (nSPS) is 11.4. The third kappa shape index (κ3) is 29.2. The average Bonchev–Trinajstić information content (AvgIpc) is 2.76. The van der Waals surface area contributed by atoms with Crippen molar-refractivity contribution in [3.05, 3.63) is 0 Å². The van der Waals surface area contributed by atoms with Gasteiger partial charge in [0.15, 0.2) is 0 Å². The van der Waals surface area contributed by atoms with Gasteiger partial charge in [0.25, 0.3) is 0 Å². The van der Waals surface area contributed by atoms with Crippen molar-refractivity contribution >= 4 is 45.2 Å². The minimum absolute atomic E-state index is 0.581. The Labute approximate surface area is 212 Å². The molecule has 0 fully saturated rings. The maximum atomic E-state index is 5.54. The minimum atomic E-state index is 0.581. The van der Waals surface area contributed by atoms with Gasteiger partial charge < -0.3 is 28.4 Å². The Balaban J connectivity index is 2.97. The maximum Gasteiger partial charge on any atom is 0.0701 e. The third-order valence-electron chi connectivity index (χ3n) is 4.20. The SMILES string of the molecule is ICCCCCCOCCOCCOCCOCCOCCOCCCCCCI. The summed E-state index contributed by atoms with van der Waals surface area (Å²) < 4.78 is 35.5. The fraction of sp³-hybridized carbons (Fsp3) is 1.00. The highest BCUT2D eigenvalue weighted by molar-refractivity contribution is 14.1. The highest BCUT2D eigenvalue weighted by atomic mass is 127. The van der Waals surface area contributed by atoms with Gasteiger partial charge >= 0.3 is 0 Å². The van der Waals surface area contributed by atoms with Gasteiger partial charge in [-0.2, -0.15) is 0 Å². The lowest BCUT2D eigenvalue weighted by Gasteiger charge is -2.08. The van der Waals surface area contributed by atoms with Crippen molar-refractivity contribution in [2.45, 2.75) is 51.4 Å². The summed E-state index contributed by atoms with van der Waals surface area (Å²) >= 11 is 4.85. The van der Waals surface area contributed by atoms with E-state index in [9.17, 15) is 0 Å². The second-order valence-corrected chi connectivity index (χ2v) is 9.04. The first-order valence-corrected chi connectivity index (χ1v) is 14.5. The molecule has 0 unspecified atom stereocenters. The van der Waals surface area contributed by atoms with Gasteiger partial charge in [0.2, 0.25) is 0 Å². The van der Waals surface area contributed by atoms with Crippen LogP contribution in [0.15, 0.2) is 0 Å². The Morgan fingerprint density at radius 1 is 0.267 bits per heavy atom. The summed E-state index contributed by atoms with van der Waals surface area (Å²) in [6.45, 7) is 7.81. The van der Waals surface area contributed by atoms with Crippen LogP contribution in [0.2, 0.25) is 0 Å². The van der Waals surface area contributed by atoms with Crippen LogP contribution in [0.1, 0.15) is 51.4 Å². The zero-order valence-corrected chi connectivity index (χ0v) is 23.1. The van der Waals surface area contributed by atoms with Crippen LogP contribution in [0, 0.1) is 0 Å². The molecular weight excluding hydrogens is 614 g/mol. The lowest BCUT2D eigenvalue weighted by atomic mass is 10.2. The van der Waals surface area contributed by atoms with E-state index in [1.807, 2.05) is 0 Å². The van der Waals surface area contributed by atoms with E-state index in [2.05, 4.69) is 45.2 Å². The van der Waals surface area contributed by atoms with Crippen LogP contribution in [-0.4, -0.2) is 88.1 Å². The van der Waals surface area contributed by atoms with Crippen LogP contribution < -0.4 is 0 Å². The van der Waals surface area contributed by atoms with Crippen molar-refractivity contribution in [2.75, 3.05) is 88.1 Å². The maximum absolute atomic E-state index is 5.54. The smallest absolute Gasteiger partial charge is 0.0701 e. The Morgan fingerprint density at radius 3 is 0.767 bits per heavy atom. The van der Waals surface area contributed by atoms with E-state index in [4.69, 9.17) is 28.4 Å². The van der Waals surface area contributed by atoms with Crippen molar-refractivity contribution in [3.63, 3.8) is 0 Å². The van der Waals surface area contributed by atoms with E-state index in [0.717, 1.165) is 26.1 Å². The van der Waals surface area contributed by atoms with E-state index in [1.165, 1.54) is 47.4 Å². The molecule has 0 bridgehead atoms. The van der Waals surface area contributed by atoms with E-state index >= 15 is 0 Å². The highest BCUT2D eigenvalue weighted by Gasteiger charge is 1.95. The quantitative estimate of drug-likeness (QED) is 0.0698. The molecule has 6 nitrogen and oxygen atoms in total. The summed E-state index contributed by atoms with van der Waals surface area (Å²) in [5.74, 6) is 0. The summed E-state index contributed by atoms with van der Waals surface area (Å²) in [5, 5.41) is 0. The van der Waals surface area contributed by atoms with Crippen molar-refractivity contribution in [1.29, 1.82) is 0 Å². The lowest BCUT2D eigenvalue weighted by molar-refractivity contribution is -0.0169. The molecule has 0 aliphatic heterocycles. The van der Waals surface area contributed by atoms with Crippen molar-refractivity contribution < 1.29 is 28.4 Å². The largest absolute Gasteiger partial charge is 0.379 e. The van der Waals surface area contributed by atoms with Gasteiger partial charge in [0.1, 0.15) is 0 Å². The first-order valence-electron chi connectivity index (χ1n) is 11.5. The molecule has 0 aromatic heterocycles. The highest BCUT2D eigenvalue weighted by Crippen LogP contribution is 2.03. The predicted molar refractivity (Wildman–Crippen MR) is 140 cm³/mol. The predicted octanol–water partition coefficient (Wildman–Crippen LogP) is 5.08. The Kier molecular flexibility index (Phi) is 31.4. The van der Waals surface area contributed by atoms with Gasteiger partial charge in [-0.05, 0) is 34.5 Å². The van der Waals surface area contributed by atoms with Crippen LogP contribution >= 0.6 is 45.2 Å². The summed E-state index contributed by atoms with van der Waals surface area (Å²) in [6.07, 6.45) is 10.1. The topological polar surface area (TPSA) is 55.4 Å². The molecule has 0 aliphatic rings. The molecule has 0 N–H and O–H groups in total. The van der Waals surface area contributed by atoms with E-state index < -0.39 is 0 Å². The van der Waals surface area contributed by atoms with Gasteiger partial charge in [-0.15, -0.1) is 0 Å². The molecule has 0 aromatic carbocycles. The van der Waals surface area contributed by atoms with E-state index in [-0.39, 0.29) is 0 Å². The number of hydrogen-bond acceptors (Lipinski definition) is 6. The lowest BCUT2D eigenvalue weighted by Crippen LogP contribution is -2.14. The van der Waals surface area contributed by atoms with Crippen LogP contribution in [-0.2, 0) is 28.4 Å². The molecule has 0 atom stereocenters.